The minimum absolute atomic E-state index is 0.0553. The Labute approximate surface area is 165 Å². The van der Waals surface area contributed by atoms with E-state index in [9.17, 15) is 19.8 Å². The molecule has 8 nitrogen and oxygen atoms in total. The highest BCUT2D eigenvalue weighted by molar-refractivity contribution is 5.79. The van der Waals surface area contributed by atoms with Gasteiger partial charge in [0.05, 0.1) is 19.3 Å². The Kier molecular flexibility index (Phi) is 9.92. The van der Waals surface area contributed by atoms with Crippen LogP contribution >= 0.6 is 0 Å². The number of aliphatic carboxylic acids is 1. The molecule has 0 saturated heterocycles. The number of aliphatic hydroxyl groups is 1. The highest BCUT2D eigenvalue weighted by Crippen LogP contribution is 2.09. The third-order valence-corrected chi connectivity index (χ3v) is 3.67. The topological polar surface area (TPSA) is 114 Å². The summed E-state index contributed by atoms with van der Waals surface area (Å²) in [6.45, 7) is 7.18. The number of carboxylic acid groups (broad SMARTS) is 1. The highest BCUT2D eigenvalue weighted by Gasteiger charge is 2.24. The van der Waals surface area contributed by atoms with Crippen molar-refractivity contribution < 1.29 is 34.0 Å². The number of carbonyl (C=O) groups excluding carboxylic acids is 1. The Morgan fingerprint density at radius 1 is 1.18 bits per heavy atom. The van der Waals surface area contributed by atoms with Crippen molar-refractivity contribution in [1.82, 2.24) is 5.32 Å². The van der Waals surface area contributed by atoms with Gasteiger partial charge in [-0.3, -0.25) is 0 Å². The lowest BCUT2D eigenvalue weighted by molar-refractivity contribution is -0.140. The van der Waals surface area contributed by atoms with Gasteiger partial charge in [-0.15, -0.1) is 0 Å². The van der Waals surface area contributed by atoms with Crippen LogP contribution < -0.4 is 5.32 Å². The minimum atomic E-state index is -1.18. The monoisotopic (exact) mass is 397 g/mol. The molecule has 0 spiro atoms. The highest BCUT2D eigenvalue weighted by atomic mass is 16.6. The fourth-order valence-electron chi connectivity index (χ4n) is 2.21. The first-order valence-electron chi connectivity index (χ1n) is 9.22. The molecule has 0 aliphatic carbocycles. The van der Waals surface area contributed by atoms with E-state index < -0.39 is 35.9 Å². The number of hydrogen-bond acceptors (Lipinski definition) is 6. The first-order valence-corrected chi connectivity index (χ1v) is 9.22. The summed E-state index contributed by atoms with van der Waals surface area (Å²) in [5.74, 6) is -1.18. The zero-order valence-electron chi connectivity index (χ0n) is 16.9. The summed E-state index contributed by atoms with van der Waals surface area (Å²) in [7, 11) is 0. The van der Waals surface area contributed by atoms with E-state index in [4.69, 9.17) is 14.2 Å². The number of carbonyl (C=O) groups is 2. The molecule has 1 amide bonds. The first kappa shape index (κ1) is 23.9. The van der Waals surface area contributed by atoms with E-state index in [1.807, 2.05) is 30.3 Å². The summed E-state index contributed by atoms with van der Waals surface area (Å²) < 4.78 is 16.2. The Bertz CT molecular complexity index is 598. The normalized spacial score (nSPS) is 14.8. The van der Waals surface area contributed by atoms with E-state index in [-0.39, 0.29) is 19.6 Å². The van der Waals surface area contributed by atoms with Gasteiger partial charge in [-0.1, -0.05) is 30.3 Å². The molecule has 0 aliphatic heterocycles. The van der Waals surface area contributed by atoms with Crippen molar-refractivity contribution in [3.05, 3.63) is 35.9 Å². The smallest absolute Gasteiger partial charge is 0.408 e. The van der Waals surface area contributed by atoms with E-state index in [2.05, 4.69) is 5.32 Å². The molecule has 28 heavy (non-hydrogen) atoms. The Balaban J connectivity index is 2.40. The third-order valence-electron chi connectivity index (χ3n) is 3.67. The summed E-state index contributed by atoms with van der Waals surface area (Å²) in [6, 6.07) is 8.40. The predicted octanol–water partition coefficient (Wildman–Crippen LogP) is 2.34. The van der Waals surface area contributed by atoms with E-state index in [0.717, 1.165) is 5.56 Å². The quantitative estimate of drug-likeness (QED) is 0.491. The zero-order valence-corrected chi connectivity index (χ0v) is 16.9. The number of amides is 1. The van der Waals surface area contributed by atoms with Crippen LogP contribution in [0.2, 0.25) is 0 Å². The van der Waals surface area contributed by atoms with Gasteiger partial charge in [0.25, 0.3) is 0 Å². The van der Waals surface area contributed by atoms with Gasteiger partial charge in [0, 0.05) is 13.0 Å². The maximum atomic E-state index is 11.7. The van der Waals surface area contributed by atoms with Gasteiger partial charge < -0.3 is 29.7 Å². The van der Waals surface area contributed by atoms with E-state index in [0.29, 0.717) is 6.61 Å². The van der Waals surface area contributed by atoms with Crippen molar-refractivity contribution in [1.29, 1.82) is 0 Å². The number of aliphatic hydroxyl groups excluding tert-OH is 1. The van der Waals surface area contributed by atoms with Crippen LogP contribution in [0.3, 0.4) is 0 Å². The lowest BCUT2D eigenvalue weighted by atomic mass is 10.2. The molecule has 0 bridgehead atoms. The fraction of sp³-hybridized carbons (Fsp3) is 0.600. The first-order chi connectivity index (χ1) is 13.1. The van der Waals surface area contributed by atoms with Crippen LogP contribution in [0.1, 0.15) is 39.7 Å². The molecule has 158 valence electrons. The van der Waals surface area contributed by atoms with Crippen molar-refractivity contribution in [3.8, 4) is 0 Å². The van der Waals surface area contributed by atoms with Crippen LogP contribution in [-0.4, -0.2) is 59.3 Å². The second kappa shape index (κ2) is 11.6. The zero-order chi connectivity index (χ0) is 21.2. The van der Waals surface area contributed by atoms with Gasteiger partial charge in [-0.25, -0.2) is 9.59 Å². The van der Waals surface area contributed by atoms with Gasteiger partial charge in [0.1, 0.15) is 17.7 Å². The second-order valence-electron chi connectivity index (χ2n) is 7.48. The summed E-state index contributed by atoms with van der Waals surface area (Å²) in [5, 5.41) is 21.4. The number of hydrogen-bond donors (Lipinski definition) is 3. The molecule has 0 aliphatic rings. The average molecular weight is 397 g/mol. The summed E-state index contributed by atoms with van der Waals surface area (Å²) in [5.41, 5.74) is 0.255. The SMILES string of the molecule is CC(O)C(COCCC(NC(=O)OC(C)(C)C)C(=O)O)OCc1ccccc1. The number of alkyl carbamates (subject to hydrolysis) is 1. The van der Waals surface area contributed by atoms with Gasteiger partial charge in [-0.2, -0.15) is 0 Å². The molecule has 3 N–H and O–H groups in total. The molecule has 0 heterocycles. The third kappa shape index (κ3) is 10.2. The maximum Gasteiger partial charge on any atom is 0.408 e. The summed E-state index contributed by atoms with van der Waals surface area (Å²) in [4.78, 5) is 23.0. The van der Waals surface area contributed by atoms with Crippen LogP contribution in [0.25, 0.3) is 0 Å². The van der Waals surface area contributed by atoms with Crippen LogP contribution in [0.15, 0.2) is 30.3 Å². The van der Waals surface area contributed by atoms with Crippen molar-refractivity contribution in [2.75, 3.05) is 13.2 Å². The maximum absolute atomic E-state index is 11.7. The molecule has 1 aromatic carbocycles. The number of carboxylic acids is 1. The standard InChI is InChI=1S/C20H31NO7/c1-14(22)17(27-12-15-8-6-5-7-9-15)13-26-11-10-16(18(23)24)21-19(25)28-20(2,3)4/h5-9,14,16-17,22H,10-13H2,1-4H3,(H,21,25)(H,23,24). The number of ether oxygens (including phenoxy) is 3. The fourth-order valence-corrected chi connectivity index (χ4v) is 2.21. The molecule has 8 heteroatoms. The van der Waals surface area contributed by atoms with Gasteiger partial charge >= 0.3 is 12.1 Å². The van der Waals surface area contributed by atoms with Gasteiger partial charge in [0.2, 0.25) is 0 Å². The number of benzene rings is 1. The van der Waals surface area contributed by atoms with E-state index in [1.165, 1.54) is 0 Å². The molecule has 1 rings (SSSR count). The molecule has 3 atom stereocenters. The average Bonchev–Trinajstić information content (AvgIpc) is 2.58. The molecular formula is C20H31NO7. The van der Waals surface area contributed by atoms with Gasteiger partial charge in [-0.05, 0) is 33.3 Å². The van der Waals surface area contributed by atoms with Crippen molar-refractivity contribution in [2.24, 2.45) is 0 Å². The summed E-state index contributed by atoms with van der Waals surface area (Å²) in [6.07, 6.45) is -2.05. The molecule has 0 saturated carbocycles. The minimum Gasteiger partial charge on any atom is -0.480 e. The number of rotatable bonds is 11. The Morgan fingerprint density at radius 3 is 2.36 bits per heavy atom. The predicted molar refractivity (Wildman–Crippen MR) is 103 cm³/mol. The Morgan fingerprint density at radius 2 is 1.82 bits per heavy atom. The van der Waals surface area contributed by atoms with Crippen molar-refractivity contribution in [2.45, 2.75) is 64.6 Å². The molecule has 3 unspecified atom stereocenters. The van der Waals surface area contributed by atoms with E-state index in [1.54, 1.807) is 27.7 Å². The second-order valence-corrected chi connectivity index (χ2v) is 7.48. The van der Waals surface area contributed by atoms with Crippen molar-refractivity contribution >= 4 is 12.1 Å². The molecule has 0 aromatic heterocycles. The van der Waals surface area contributed by atoms with Crippen molar-refractivity contribution in [3.63, 3.8) is 0 Å². The lowest BCUT2D eigenvalue weighted by Gasteiger charge is -2.23. The largest absolute Gasteiger partial charge is 0.480 e. The summed E-state index contributed by atoms with van der Waals surface area (Å²) >= 11 is 0. The Hall–Kier alpha value is -2.16. The van der Waals surface area contributed by atoms with Crippen LogP contribution in [0.5, 0.6) is 0 Å². The van der Waals surface area contributed by atoms with Crippen LogP contribution in [-0.2, 0) is 25.6 Å². The molecule has 0 radical (unpaired) electrons. The van der Waals surface area contributed by atoms with Gasteiger partial charge in [0.15, 0.2) is 0 Å². The van der Waals surface area contributed by atoms with E-state index >= 15 is 0 Å². The number of nitrogens with one attached hydrogen (secondary N) is 1. The molecule has 0 fully saturated rings. The lowest BCUT2D eigenvalue weighted by Crippen LogP contribution is -2.44. The molecule has 1 aromatic rings. The molecular weight excluding hydrogens is 366 g/mol. The van der Waals surface area contributed by atoms with Crippen LogP contribution in [0, 0.1) is 0 Å². The van der Waals surface area contributed by atoms with Crippen LogP contribution in [0.4, 0.5) is 4.79 Å².